The van der Waals surface area contributed by atoms with E-state index in [9.17, 15) is 9.59 Å². The Kier molecular flexibility index (Phi) is 6.31. The number of piperidine rings is 1. The van der Waals surface area contributed by atoms with Crippen molar-refractivity contribution in [3.8, 4) is 0 Å². The van der Waals surface area contributed by atoms with E-state index in [0.29, 0.717) is 28.5 Å². The molecular weight excluding hydrogens is 484 g/mol. The first kappa shape index (κ1) is 23.6. The molecule has 188 valence electrons. The van der Waals surface area contributed by atoms with Crippen LogP contribution in [0.1, 0.15) is 35.2 Å². The molecule has 1 saturated heterocycles. The number of anilines is 1. The molecule has 6 rings (SSSR count). The molecule has 8 nitrogen and oxygen atoms in total. The molecule has 0 radical (unpaired) electrons. The summed E-state index contributed by atoms with van der Waals surface area (Å²) in [5.41, 5.74) is 2.24. The third-order valence-corrected chi connectivity index (χ3v) is 8.30. The van der Waals surface area contributed by atoms with Gasteiger partial charge in [0, 0.05) is 31.5 Å². The highest BCUT2D eigenvalue weighted by Crippen LogP contribution is 2.31. The number of carbonyl (C=O) groups is 1. The summed E-state index contributed by atoms with van der Waals surface area (Å²) >= 11 is 1.43. The Morgan fingerprint density at radius 2 is 1.95 bits per heavy atom. The SMILES string of the molecule is CN1CCCCC1CNc1ccc2c(=O)c(C(=O)NCc3ccncc3)c3sc4ccccc4n3c2n1. The van der Waals surface area contributed by atoms with E-state index in [0.717, 1.165) is 41.1 Å². The van der Waals surface area contributed by atoms with E-state index in [1.165, 1.54) is 24.2 Å². The predicted molar refractivity (Wildman–Crippen MR) is 149 cm³/mol. The van der Waals surface area contributed by atoms with Crippen LogP contribution in [0.2, 0.25) is 0 Å². The van der Waals surface area contributed by atoms with Crippen molar-refractivity contribution in [3.63, 3.8) is 0 Å². The highest BCUT2D eigenvalue weighted by molar-refractivity contribution is 7.24. The van der Waals surface area contributed by atoms with Crippen LogP contribution < -0.4 is 16.1 Å². The predicted octanol–water partition coefficient (Wildman–Crippen LogP) is 4.28. The van der Waals surface area contributed by atoms with Gasteiger partial charge in [-0.15, -0.1) is 11.3 Å². The fraction of sp³-hybridized carbons (Fsp3) is 0.286. The topological polar surface area (TPSA) is 91.6 Å². The minimum atomic E-state index is -0.393. The van der Waals surface area contributed by atoms with E-state index < -0.39 is 5.91 Å². The Morgan fingerprint density at radius 3 is 2.78 bits per heavy atom. The molecule has 5 heterocycles. The van der Waals surface area contributed by atoms with Crippen molar-refractivity contribution in [2.75, 3.05) is 25.5 Å². The Hall–Kier alpha value is -3.82. The van der Waals surface area contributed by atoms with Crippen LogP contribution in [0, 0.1) is 0 Å². The number of nitrogens with one attached hydrogen (secondary N) is 2. The molecule has 0 saturated carbocycles. The smallest absolute Gasteiger partial charge is 0.258 e. The van der Waals surface area contributed by atoms with E-state index >= 15 is 0 Å². The second-order valence-electron chi connectivity index (χ2n) is 9.53. The van der Waals surface area contributed by atoms with Gasteiger partial charge in [-0.25, -0.2) is 4.98 Å². The zero-order chi connectivity index (χ0) is 25.4. The normalized spacial score (nSPS) is 16.4. The fourth-order valence-corrected chi connectivity index (χ4v) is 6.27. The highest BCUT2D eigenvalue weighted by Gasteiger charge is 2.23. The lowest BCUT2D eigenvalue weighted by Crippen LogP contribution is -2.40. The van der Waals surface area contributed by atoms with Gasteiger partial charge >= 0.3 is 0 Å². The number of fused-ring (bicyclic) bond motifs is 5. The Morgan fingerprint density at radius 1 is 1.11 bits per heavy atom. The Labute approximate surface area is 218 Å². The summed E-state index contributed by atoms with van der Waals surface area (Å²) in [6.07, 6.45) is 7.00. The van der Waals surface area contributed by atoms with Gasteiger partial charge in [-0.2, -0.15) is 0 Å². The molecule has 9 heteroatoms. The van der Waals surface area contributed by atoms with Gasteiger partial charge < -0.3 is 15.5 Å². The first-order valence-corrected chi connectivity index (χ1v) is 13.4. The van der Waals surface area contributed by atoms with Gasteiger partial charge in [0.1, 0.15) is 16.2 Å². The molecule has 0 aliphatic carbocycles. The molecule has 1 aliphatic rings. The van der Waals surface area contributed by atoms with Crippen molar-refractivity contribution >= 4 is 49.1 Å². The van der Waals surface area contributed by atoms with Gasteiger partial charge in [0.15, 0.2) is 5.65 Å². The lowest BCUT2D eigenvalue weighted by Gasteiger charge is -2.32. The standard InChI is InChI=1S/C28H28N6O2S/c1-33-15-5-4-6-19(33)17-30-23-10-9-20-25(35)24(27(36)31-16-18-11-13-29-14-12-18)28-34(26(20)32-23)21-7-2-3-8-22(21)37-28/h2-3,7-14,19H,4-6,15-17H2,1H3,(H,30,32)(H,31,36). The van der Waals surface area contributed by atoms with Crippen molar-refractivity contribution in [1.29, 1.82) is 0 Å². The number of carbonyl (C=O) groups excluding carboxylic acids is 1. The van der Waals surface area contributed by atoms with Crippen LogP contribution in [0.4, 0.5) is 5.82 Å². The minimum absolute atomic E-state index is 0.147. The van der Waals surface area contributed by atoms with E-state index in [1.807, 2.05) is 46.9 Å². The van der Waals surface area contributed by atoms with Crippen molar-refractivity contribution in [2.45, 2.75) is 31.8 Å². The summed E-state index contributed by atoms with van der Waals surface area (Å²) in [5, 5.41) is 6.83. The molecule has 5 aromatic rings. The third kappa shape index (κ3) is 4.45. The number of rotatable bonds is 6. The van der Waals surface area contributed by atoms with Crippen LogP contribution >= 0.6 is 11.3 Å². The van der Waals surface area contributed by atoms with Crippen molar-refractivity contribution in [2.24, 2.45) is 0 Å². The second kappa shape index (κ2) is 9.91. The molecule has 1 unspecified atom stereocenters. The van der Waals surface area contributed by atoms with E-state index in [4.69, 9.17) is 4.98 Å². The van der Waals surface area contributed by atoms with Gasteiger partial charge in [-0.05, 0) is 68.4 Å². The summed E-state index contributed by atoms with van der Waals surface area (Å²) in [4.78, 5) is 39.0. The number of hydrogen-bond acceptors (Lipinski definition) is 7. The average Bonchev–Trinajstić information content (AvgIpc) is 3.31. The van der Waals surface area contributed by atoms with Gasteiger partial charge in [0.25, 0.3) is 5.91 Å². The Bertz CT molecular complexity index is 1660. The number of amides is 1. The summed E-state index contributed by atoms with van der Waals surface area (Å²) < 4.78 is 2.94. The number of thiazole rings is 1. The number of likely N-dealkylation sites (tertiary alicyclic amines) is 1. The molecule has 1 aromatic carbocycles. The number of aromatic nitrogens is 3. The van der Waals surface area contributed by atoms with Crippen LogP contribution in [0.5, 0.6) is 0 Å². The Balaban J connectivity index is 1.43. The lowest BCUT2D eigenvalue weighted by atomic mass is 10.0. The van der Waals surface area contributed by atoms with E-state index in [-0.39, 0.29) is 11.0 Å². The number of hydrogen-bond donors (Lipinski definition) is 2. The molecule has 1 aliphatic heterocycles. The van der Waals surface area contributed by atoms with Crippen LogP contribution in [-0.2, 0) is 6.54 Å². The maximum atomic E-state index is 13.7. The zero-order valence-electron chi connectivity index (χ0n) is 20.6. The second-order valence-corrected chi connectivity index (χ2v) is 10.6. The molecule has 1 atom stereocenters. The number of benzene rings is 1. The van der Waals surface area contributed by atoms with Crippen LogP contribution in [0.3, 0.4) is 0 Å². The molecule has 2 N–H and O–H groups in total. The van der Waals surface area contributed by atoms with Gasteiger partial charge in [-0.1, -0.05) is 18.6 Å². The summed E-state index contributed by atoms with van der Waals surface area (Å²) in [6, 6.07) is 15.7. The summed E-state index contributed by atoms with van der Waals surface area (Å²) in [7, 11) is 2.17. The molecule has 0 bridgehead atoms. The number of pyridine rings is 3. The molecule has 1 amide bonds. The van der Waals surface area contributed by atoms with Crippen molar-refractivity contribution in [1.82, 2.24) is 24.6 Å². The van der Waals surface area contributed by atoms with Crippen LogP contribution in [-0.4, -0.2) is 51.4 Å². The minimum Gasteiger partial charge on any atom is -0.368 e. The molecular formula is C28H28N6O2S. The largest absolute Gasteiger partial charge is 0.368 e. The van der Waals surface area contributed by atoms with Crippen LogP contribution in [0.25, 0.3) is 26.1 Å². The van der Waals surface area contributed by atoms with E-state index in [2.05, 4.69) is 27.6 Å². The molecule has 37 heavy (non-hydrogen) atoms. The van der Waals surface area contributed by atoms with Gasteiger partial charge in [-0.3, -0.25) is 19.0 Å². The fourth-order valence-electron chi connectivity index (χ4n) is 5.08. The maximum Gasteiger partial charge on any atom is 0.258 e. The third-order valence-electron chi connectivity index (χ3n) is 7.16. The summed E-state index contributed by atoms with van der Waals surface area (Å²) in [5.74, 6) is 0.333. The summed E-state index contributed by atoms with van der Waals surface area (Å²) in [6.45, 7) is 2.22. The lowest BCUT2D eigenvalue weighted by molar-refractivity contribution is 0.0951. The van der Waals surface area contributed by atoms with Crippen molar-refractivity contribution in [3.05, 3.63) is 82.3 Å². The average molecular weight is 513 g/mol. The number of nitrogens with zero attached hydrogens (tertiary/aromatic N) is 4. The highest BCUT2D eigenvalue weighted by atomic mass is 32.1. The van der Waals surface area contributed by atoms with E-state index in [1.54, 1.807) is 18.5 Å². The molecule has 4 aromatic heterocycles. The van der Waals surface area contributed by atoms with Crippen molar-refractivity contribution < 1.29 is 4.79 Å². The number of likely N-dealkylation sites (N-methyl/N-ethyl adjacent to an activating group) is 1. The first-order chi connectivity index (χ1) is 18.1. The van der Waals surface area contributed by atoms with Gasteiger partial charge in [0.05, 0.1) is 15.6 Å². The van der Waals surface area contributed by atoms with Gasteiger partial charge in [0.2, 0.25) is 5.43 Å². The zero-order valence-corrected chi connectivity index (χ0v) is 21.4. The number of para-hydroxylation sites is 1. The molecule has 1 fully saturated rings. The maximum absolute atomic E-state index is 13.7. The van der Waals surface area contributed by atoms with Crippen LogP contribution in [0.15, 0.2) is 65.7 Å². The first-order valence-electron chi connectivity index (χ1n) is 12.6. The molecule has 0 spiro atoms. The monoisotopic (exact) mass is 512 g/mol. The quantitative estimate of drug-likeness (QED) is 0.353.